The van der Waals surface area contributed by atoms with Crippen molar-refractivity contribution in [2.75, 3.05) is 38.2 Å². The maximum Gasteiger partial charge on any atom is 0.247 e. The summed E-state index contributed by atoms with van der Waals surface area (Å²) in [5.74, 6) is 0.442. The molecule has 3 atom stereocenters. The van der Waals surface area contributed by atoms with Crippen LogP contribution in [0, 0.1) is 5.41 Å². The third-order valence-electron chi connectivity index (χ3n) is 8.01. The van der Waals surface area contributed by atoms with Gasteiger partial charge in [-0.3, -0.25) is 23.5 Å². The summed E-state index contributed by atoms with van der Waals surface area (Å²) in [6.07, 6.45) is 2.32. The van der Waals surface area contributed by atoms with E-state index in [1.165, 1.54) is 12.0 Å². The van der Waals surface area contributed by atoms with Crippen LogP contribution >= 0.6 is 0 Å². The number of amidine groups is 1. The summed E-state index contributed by atoms with van der Waals surface area (Å²) in [5, 5.41) is 9.18. The second kappa shape index (κ2) is 12.4. The van der Waals surface area contributed by atoms with Crippen LogP contribution in [0.5, 0.6) is 11.5 Å². The predicted octanol–water partition coefficient (Wildman–Crippen LogP) is 2.58. The van der Waals surface area contributed by atoms with Gasteiger partial charge in [0.1, 0.15) is 17.9 Å². The summed E-state index contributed by atoms with van der Waals surface area (Å²) >= 11 is -2.75. The zero-order valence-electron chi connectivity index (χ0n) is 23.6. The molecule has 222 valence electrons. The highest BCUT2D eigenvalue weighted by Crippen LogP contribution is 2.35. The molecule has 0 saturated carbocycles. The molecule has 3 aromatic rings. The second-order valence-corrected chi connectivity index (χ2v) is 11.3. The fourth-order valence-corrected chi connectivity index (χ4v) is 6.49. The Morgan fingerprint density at radius 2 is 1.69 bits per heavy atom. The molecule has 3 unspecified atom stereocenters. The Morgan fingerprint density at radius 3 is 2.29 bits per heavy atom. The minimum atomic E-state index is -2.75. The van der Waals surface area contributed by atoms with Crippen LogP contribution in [0.2, 0.25) is 0 Å². The minimum Gasteiger partial charge on any atom is -0.755 e. The molecule has 2 aliphatic rings. The highest BCUT2D eigenvalue weighted by atomic mass is 32.2. The number of carbonyl (C=O) groups excluding carboxylic acids is 2. The monoisotopic (exact) mass is 592 g/mol. The van der Waals surface area contributed by atoms with Gasteiger partial charge in [0.25, 0.3) is 0 Å². The Balaban J connectivity index is 1.44. The fourth-order valence-electron chi connectivity index (χ4n) is 5.81. The number of nitrogens with one attached hydrogen (secondary N) is 1. The highest BCUT2D eigenvalue weighted by molar-refractivity contribution is 7.80. The van der Waals surface area contributed by atoms with E-state index < -0.39 is 29.3 Å². The van der Waals surface area contributed by atoms with Crippen molar-refractivity contribution in [3.8, 4) is 11.5 Å². The third kappa shape index (κ3) is 5.77. The molecule has 2 saturated heterocycles. The predicted molar refractivity (Wildman–Crippen MR) is 159 cm³/mol. The topological polar surface area (TPSA) is 152 Å². The molecule has 0 aliphatic carbocycles. The molecule has 2 fully saturated rings. The fraction of sp³-hybridized carbons (Fsp3) is 0.367. The molecule has 11 nitrogen and oxygen atoms in total. The smallest absolute Gasteiger partial charge is 0.247 e. The minimum absolute atomic E-state index is 0.0548. The summed E-state index contributed by atoms with van der Waals surface area (Å²) < 4.78 is 37.1. The van der Waals surface area contributed by atoms with E-state index in [1.54, 1.807) is 66.6 Å². The first-order valence-electron chi connectivity index (χ1n) is 13.8. The molecule has 0 bridgehead atoms. The highest BCUT2D eigenvalue weighted by Gasteiger charge is 2.43. The third-order valence-corrected chi connectivity index (χ3v) is 8.80. The van der Waals surface area contributed by atoms with Gasteiger partial charge in [-0.2, -0.15) is 0 Å². The Labute approximate surface area is 247 Å². The van der Waals surface area contributed by atoms with Gasteiger partial charge < -0.3 is 29.6 Å². The van der Waals surface area contributed by atoms with Gasteiger partial charge in [0.15, 0.2) is 11.5 Å². The van der Waals surface area contributed by atoms with Gasteiger partial charge in [-0.1, -0.05) is 30.3 Å². The molecular weight excluding hydrogens is 558 g/mol. The first-order valence-corrected chi connectivity index (χ1v) is 14.8. The number of nitrogens with zero attached hydrogens (tertiary/aromatic N) is 3. The van der Waals surface area contributed by atoms with Crippen LogP contribution in [0.1, 0.15) is 30.4 Å². The molecule has 3 N–H and O–H groups in total. The molecule has 42 heavy (non-hydrogen) atoms. The number of likely N-dealkylation sites (tertiary alicyclic amines) is 2. The molecular formula is C30H34N5O6S-. The summed E-state index contributed by atoms with van der Waals surface area (Å²) in [7, 11) is 3.07. The maximum absolute atomic E-state index is 13.9. The van der Waals surface area contributed by atoms with E-state index in [1.807, 2.05) is 0 Å². The zero-order valence-corrected chi connectivity index (χ0v) is 24.4. The molecule has 12 heteroatoms. The van der Waals surface area contributed by atoms with Crippen LogP contribution in [-0.4, -0.2) is 82.1 Å². The number of fused-ring (bicyclic) bond motifs is 1. The van der Waals surface area contributed by atoms with Crippen molar-refractivity contribution in [2.24, 2.45) is 5.73 Å². The van der Waals surface area contributed by atoms with Gasteiger partial charge >= 0.3 is 0 Å². The van der Waals surface area contributed by atoms with Gasteiger partial charge in [0.2, 0.25) is 11.8 Å². The van der Waals surface area contributed by atoms with Crippen molar-refractivity contribution in [2.45, 2.75) is 37.8 Å². The van der Waals surface area contributed by atoms with E-state index in [0.717, 1.165) is 33.5 Å². The molecule has 0 radical (unpaired) electrons. The summed E-state index contributed by atoms with van der Waals surface area (Å²) in [4.78, 5) is 31.0. The number of benzene rings is 3. The number of anilines is 1. The number of methoxy groups -OCH3 is 2. The number of hydrogen-bond donors (Lipinski definition) is 2. The Kier molecular flexibility index (Phi) is 8.64. The van der Waals surface area contributed by atoms with Crippen molar-refractivity contribution in [3.63, 3.8) is 0 Å². The summed E-state index contributed by atoms with van der Waals surface area (Å²) in [5.41, 5.74) is 7.31. The normalized spacial score (nSPS) is 18.3. The quantitative estimate of drug-likeness (QED) is 0.209. The maximum atomic E-state index is 13.9. The van der Waals surface area contributed by atoms with E-state index in [4.69, 9.17) is 20.6 Å². The van der Waals surface area contributed by atoms with Gasteiger partial charge in [-0.05, 0) is 59.9 Å². The number of nitrogens with two attached hydrogens (primary N) is 1. The lowest BCUT2D eigenvalue weighted by atomic mass is 10.0. The number of nitrogen functional groups attached to an aromatic ring is 1. The van der Waals surface area contributed by atoms with Gasteiger partial charge in [-0.15, -0.1) is 0 Å². The van der Waals surface area contributed by atoms with Crippen LogP contribution in [0.3, 0.4) is 0 Å². The van der Waals surface area contributed by atoms with E-state index in [2.05, 4.69) is 0 Å². The number of amides is 2. The Hall–Kier alpha value is -4.16. The second-order valence-electron chi connectivity index (χ2n) is 10.5. The van der Waals surface area contributed by atoms with E-state index in [9.17, 15) is 18.4 Å². The first-order chi connectivity index (χ1) is 20.2. The number of carbonyl (C=O) groups is 2. The Morgan fingerprint density at radius 1 is 1.05 bits per heavy atom. The van der Waals surface area contributed by atoms with Gasteiger partial charge in [0, 0.05) is 48.6 Å². The molecule has 5 rings (SSSR count). The largest absolute Gasteiger partial charge is 0.755 e. The average Bonchev–Trinajstić information content (AvgIpc) is 3.66. The SMILES string of the molecule is COc1cc2ccc(N(C3CCN(C(Cc4ccc(C(=N)N)cc4)C(=O)N4CCCC4)C3=O)S(=O)[O-])cc2cc1OC. The van der Waals surface area contributed by atoms with Crippen molar-refractivity contribution < 1.29 is 27.8 Å². The molecule has 2 heterocycles. The van der Waals surface area contributed by atoms with E-state index in [0.29, 0.717) is 35.8 Å². The van der Waals surface area contributed by atoms with Crippen LogP contribution in [0.25, 0.3) is 10.8 Å². The molecule has 3 aromatic carbocycles. The van der Waals surface area contributed by atoms with Gasteiger partial charge in [-0.25, -0.2) is 0 Å². The number of ether oxygens (including phenoxy) is 2. The zero-order chi connectivity index (χ0) is 30.0. The van der Waals surface area contributed by atoms with Crippen LogP contribution in [0.4, 0.5) is 5.69 Å². The van der Waals surface area contributed by atoms with Crippen molar-refractivity contribution in [3.05, 3.63) is 65.7 Å². The standard InChI is InChI=1S/C30H35N5O6S/c1-40-26-17-21-9-10-23(16-22(21)18-27(26)41-2)35(42(38)39)24-11-14-34(30(24)37)25(29(36)33-12-3-4-13-33)15-19-5-7-20(8-6-19)28(31)32/h5-10,16-18,24-25H,3-4,11-15H2,1-2H3,(H3,31,32)(H,38,39)/p-1. The van der Waals surface area contributed by atoms with Crippen molar-refractivity contribution in [1.29, 1.82) is 5.41 Å². The van der Waals surface area contributed by atoms with Crippen LogP contribution in [0.15, 0.2) is 54.6 Å². The first kappa shape index (κ1) is 29.3. The Bertz CT molecular complexity index is 1520. The molecule has 2 amide bonds. The summed E-state index contributed by atoms with van der Waals surface area (Å²) in [6.45, 7) is 1.50. The lowest BCUT2D eigenvalue weighted by Gasteiger charge is -2.34. The molecule has 2 aliphatic heterocycles. The number of hydrogen-bond acceptors (Lipinski definition) is 7. The average molecular weight is 593 g/mol. The van der Waals surface area contributed by atoms with Crippen LogP contribution in [-0.2, 0) is 27.3 Å². The number of rotatable bonds is 10. The summed E-state index contributed by atoms with van der Waals surface area (Å²) in [6, 6.07) is 14.0. The van der Waals surface area contributed by atoms with Crippen molar-refractivity contribution >= 4 is 45.4 Å². The molecule has 0 spiro atoms. The van der Waals surface area contributed by atoms with Crippen LogP contribution < -0.4 is 19.5 Å². The van der Waals surface area contributed by atoms with E-state index in [-0.39, 0.29) is 31.1 Å². The van der Waals surface area contributed by atoms with E-state index >= 15 is 0 Å². The lowest BCUT2D eigenvalue weighted by Crippen LogP contribution is -2.52. The molecule has 0 aromatic heterocycles. The lowest BCUT2D eigenvalue weighted by molar-refractivity contribution is -0.143. The van der Waals surface area contributed by atoms with Gasteiger partial charge in [0.05, 0.1) is 14.2 Å². The van der Waals surface area contributed by atoms with Crippen molar-refractivity contribution in [1.82, 2.24) is 9.80 Å².